The number of nitrogens with zero attached hydrogens (tertiary/aromatic N) is 2. The number of hydrogen-bond acceptors (Lipinski definition) is 4. The molecule has 0 radical (unpaired) electrons. The normalized spacial score (nSPS) is 11.7. The van der Waals surface area contributed by atoms with E-state index in [1.54, 1.807) is 0 Å². The molecule has 0 aliphatic rings. The van der Waals surface area contributed by atoms with Gasteiger partial charge in [0.2, 0.25) is 0 Å². The van der Waals surface area contributed by atoms with E-state index in [2.05, 4.69) is 4.98 Å². The number of pyridine rings is 1. The van der Waals surface area contributed by atoms with Crippen molar-refractivity contribution in [1.29, 1.82) is 5.26 Å². The highest BCUT2D eigenvalue weighted by atomic mass is 16.4. The molecule has 0 amide bonds. The van der Waals surface area contributed by atoms with E-state index in [0.717, 1.165) is 0 Å². The lowest BCUT2D eigenvalue weighted by Crippen LogP contribution is -2.21. The lowest BCUT2D eigenvalue weighted by molar-refractivity contribution is -0.138. The number of nitriles is 1. The molecule has 1 unspecified atom stereocenters. The van der Waals surface area contributed by atoms with Gasteiger partial charge in [0.1, 0.15) is 12.1 Å². The third-order valence-corrected chi connectivity index (χ3v) is 1.58. The molecule has 0 bridgehead atoms. The standard InChI is InChI=1S/C8H7N3O2/c9-3-5-4-11-2-1-6(5)7(10)8(12)13/h1-2,4,7H,10H2,(H,12,13). The molecule has 5 heteroatoms. The lowest BCUT2D eigenvalue weighted by atomic mass is 10.0. The first kappa shape index (κ1) is 9.16. The quantitative estimate of drug-likeness (QED) is 0.664. The predicted octanol–water partition coefficient (Wildman–Crippen LogP) is 0.0377. The zero-order chi connectivity index (χ0) is 9.84. The van der Waals surface area contributed by atoms with Gasteiger partial charge in [0.25, 0.3) is 0 Å². The second kappa shape index (κ2) is 3.65. The van der Waals surface area contributed by atoms with Crippen LogP contribution in [0.25, 0.3) is 0 Å². The average molecular weight is 177 g/mol. The maximum atomic E-state index is 10.5. The summed E-state index contributed by atoms with van der Waals surface area (Å²) in [7, 11) is 0. The molecule has 1 rings (SSSR count). The Hall–Kier alpha value is -1.93. The largest absolute Gasteiger partial charge is 0.480 e. The maximum absolute atomic E-state index is 10.5. The third kappa shape index (κ3) is 1.80. The Balaban J connectivity index is 3.15. The van der Waals surface area contributed by atoms with Crippen molar-refractivity contribution in [3.63, 3.8) is 0 Å². The van der Waals surface area contributed by atoms with Gasteiger partial charge >= 0.3 is 5.97 Å². The molecule has 0 saturated heterocycles. The SMILES string of the molecule is N#Cc1cnccc1C(N)C(=O)O. The fourth-order valence-corrected chi connectivity index (χ4v) is 0.903. The van der Waals surface area contributed by atoms with Crippen LogP contribution in [0.5, 0.6) is 0 Å². The molecular formula is C8H7N3O2. The molecule has 1 aromatic rings. The zero-order valence-electron chi connectivity index (χ0n) is 6.64. The smallest absolute Gasteiger partial charge is 0.325 e. The highest BCUT2D eigenvalue weighted by Crippen LogP contribution is 2.13. The molecule has 0 saturated carbocycles. The molecule has 1 heterocycles. The Labute approximate surface area is 74.4 Å². The fourth-order valence-electron chi connectivity index (χ4n) is 0.903. The molecule has 3 N–H and O–H groups in total. The number of hydrogen-bond donors (Lipinski definition) is 2. The van der Waals surface area contributed by atoms with Crippen LogP contribution in [0.3, 0.4) is 0 Å². The fraction of sp³-hybridized carbons (Fsp3) is 0.125. The minimum atomic E-state index is -1.17. The highest BCUT2D eigenvalue weighted by molar-refractivity contribution is 5.76. The Morgan fingerprint density at radius 3 is 3.00 bits per heavy atom. The summed E-state index contributed by atoms with van der Waals surface area (Å²) in [5.41, 5.74) is 5.81. The van der Waals surface area contributed by atoms with Gasteiger partial charge in [-0.25, -0.2) is 0 Å². The van der Waals surface area contributed by atoms with E-state index < -0.39 is 12.0 Å². The first-order valence-electron chi connectivity index (χ1n) is 3.49. The predicted molar refractivity (Wildman–Crippen MR) is 43.5 cm³/mol. The molecule has 0 aromatic carbocycles. The number of aromatic nitrogens is 1. The minimum absolute atomic E-state index is 0.192. The summed E-state index contributed by atoms with van der Waals surface area (Å²) in [6, 6.07) is 2.08. The Morgan fingerprint density at radius 1 is 1.77 bits per heavy atom. The second-order valence-corrected chi connectivity index (χ2v) is 2.39. The Kier molecular flexibility index (Phi) is 2.57. The number of aliphatic carboxylic acids is 1. The minimum Gasteiger partial charge on any atom is -0.480 e. The van der Waals surface area contributed by atoms with Crippen LogP contribution in [0.1, 0.15) is 17.2 Å². The van der Waals surface area contributed by atoms with Crippen LogP contribution in [0, 0.1) is 11.3 Å². The van der Waals surface area contributed by atoms with Crippen molar-refractivity contribution in [1.82, 2.24) is 4.98 Å². The number of carboxylic acids is 1. The summed E-state index contributed by atoms with van der Waals surface area (Å²) in [6.07, 6.45) is 2.69. The Bertz CT molecular complexity index is 370. The van der Waals surface area contributed by atoms with E-state index in [9.17, 15) is 4.79 Å². The van der Waals surface area contributed by atoms with Gasteiger partial charge in [0.05, 0.1) is 5.56 Å². The average Bonchev–Trinajstić information content (AvgIpc) is 2.16. The van der Waals surface area contributed by atoms with Gasteiger partial charge in [-0.05, 0) is 6.07 Å². The van der Waals surface area contributed by atoms with Gasteiger partial charge in [0.15, 0.2) is 0 Å². The lowest BCUT2D eigenvalue weighted by Gasteiger charge is -2.06. The number of nitrogens with two attached hydrogens (primary N) is 1. The van der Waals surface area contributed by atoms with Gasteiger partial charge in [-0.1, -0.05) is 0 Å². The van der Waals surface area contributed by atoms with Crippen LogP contribution >= 0.6 is 0 Å². The van der Waals surface area contributed by atoms with Crippen molar-refractivity contribution in [3.8, 4) is 6.07 Å². The summed E-state index contributed by atoms with van der Waals surface area (Å²) in [4.78, 5) is 14.2. The van der Waals surface area contributed by atoms with Crippen LogP contribution in [0.2, 0.25) is 0 Å². The van der Waals surface area contributed by atoms with Crippen LogP contribution in [-0.2, 0) is 4.79 Å². The van der Waals surface area contributed by atoms with Crippen molar-refractivity contribution >= 4 is 5.97 Å². The monoisotopic (exact) mass is 177 g/mol. The van der Waals surface area contributed by atoms with Crippen molar-refractivity contribution in [2.75, 3.05) is 0 Å². The van der Waals surface area contributed by atoms with E-state index in [0.29, 0.717) is 0 Å². The second-order valence-electron chi connectivity index (χ2n) is 2.39. The van der Waals surface area contributed by atoms with Crippen LogP contribution in [-0.4, -0.2) is 16.1 Å². The van der Waals surface area contributed by atoms with Gasteiger partial charge < -0.3 is 10.8 Å². The molecule has 13 heavy (non-hydrogen) atoms. The number of carboxylic acid groups (broad SMARTS) is 1. The van der Waals surface area contributed by atoms with Gasteiger partial charge in [0, 0.05) is 18.0 Å². The van der Waals surface area contributed by atoms with E-state index in [1.807, 2.05) is 6.07 Å². The first-order valence-corrected chi connectivity index (χ1v) is 3.49. The van der Waals surface area contributed by atoms with E-state index in [1.165, 1.54) is 18.5 Å². The maximum Gasteiger partial charge on any atom is 0.325 e. The van der Waals surface area contributed by atoms with Crippen LogP contribution in [0.15, 0.2) is 18.5 Å². The van der Waals surface area contributed by atoms with Crippen molar-refractivity contribution in [2.24, 2.45) is 5.73 Å². The molecule has 0 fully saturated rings. The third-order valence-electron chi connectivity index (χ3n) is 1.58. The van der Waals surface area contributed by atoms with Gasteiger partial charge in [-0.15, -0.1) is 0 Å². The van der Waals surface area contributed by atoms with Crippen LogP contribution in [0.4, 0.5) is 0 Å². The van der Waals surface area contributed by atoms with E-state index in [-0.39, 0.29) is 11.1 Å². The molecule has 1 atom stereocenters. The molecule has 0 aliphatic heterocycles. The van der Waals surface area contributed by atoms with E-state index >= 15 is 0 Å². The highest BCUT2D eigenvalue weighted by Gasteiger charge is 2.17. The first-order chi connectivity index (χ1) is 6.16. The zero-order valence-corrected chi connectivity index (χ0v) is 6.64. The molecule has 5 nitrogen and oxygen atoms in total. The molecule has 1 aromatic heterocycles. The van der Waals surface area contributed by atoms with Gasteiger partial charge in [-0.3, -0.25) is 9.78 Å². The van der Waals surface area contributed by atoms with Crippen LogP contribution < -0.4 is 5.73 Å². The topological polar surface area (TPSA) is 100 Å². The van der Waals surface area contributed by atoms with Crippen molar-refractivity contribution in [3.05, 3.63) is 29.6 Å². The molecular weight excluding hydrogens is 170 g/mol. The summed E-state index contributed by atoms with van der Waals surface area (Å²) < 4.78 is 0. The Morgan fingerprint density at radius 2 is 2.46 bits per heavy atom. The summed E-state index contributed by atoms with van der Waals surface area (Å²) in [5.74, 6) is -1.16. The number of carbonyl (C=O) groups is 1. The summed E-state index contributed by atoms with van der Waals surface area (Å²) in [5, 5.41) is 17.2. The summed E-state index contributed by atoms with van der Waals surface area (Å²) >= 11 is 0. The van der Waals surface area contributed by atoms with Crippen molar-refractivity contribution < 1.29 is 9.90 Å². The molecule has 66 valence electrons. The van der Waals surface area contributed by atoms with Gasteiger partial charge in [-0.2, -0.15) is 5.26 Å². The molecule has 0 spiro atoms. The number of rotatable bonds is 2. The molecule has 0 aliphatic carbocycles. The van der Waals surface area contributed by atoms with E-state index in [4.69, 9.17) is 16.1 Å². The summed E-state index contributed by atoms with van der Waals surface area (Å²) in [6.45, 7) is 0. The van der Waals surface area contributed by atoms with Crippen molar-refractivity contribution in [2.45, 2.75) is 6.04 Å².